The van der Waals surface area contributed by atoms with Gasteiger partial charge in [0.25, 0.3) is 0 Å². The summed E-state index contributed by atoms with van der Waals surface area (Å²) in [6.07, 6.45) is 4.36. The topological polar surface area (TPSA) is 84.2 Å². The Morgan fingerprint density at radius 3 is 2.31 bits per heavy atom. The number of hydrogen-bond acceptors (Lipinski definition) is 2. The SMILES string of the molecule is CC1CCC(NC(=O)[C@H](C)NC(N)=O)CC1. The van der Waals surface area contributed by atoms with Gasteiger partial charge in [-0.2, -0.15) is 0 Å². The maximum atomic E-state index is 11.6. The van der Waals surface area contributed by atoms with Gasteiger partial charge in [0.2, 0.25) is 5.91 Å². The molecule has 16 heavy (non-hydrogen) atoms. The molecular weight excluding hydrogens is 206 g/mol. The third-order valence-corrected chi connectivity index (χ3v) is 3.11. The number of urea groups is 1. The second kappa shape index (κ2) is 5.72. The molecule has 0 aromatic rings. The zero-order chi connectivity index (χ0) is 12.1. The van der Waals surface area contributed by atoms with Gasteiger partial charge in [-0.15, -0.1) is 0 Å². The van der Waals surface area contributed by atoms with Crippen LogP contribution in [0.4, 0.5) is 4.79 Å². The van der Waals surface area contributed by atoms with E-state index in [1.165, 1.54) is 0 Å². The first-order valence-corrected chi connectivity index (χ1v) is 5.85. The Morgan fingerprint density at radius 2 is 1.81 bits per heavy atom. The molecule has 1 fully saturated rings. The summed E-state index contributed by atoms with van der Waals surface area (Å²) >= 11 is 0. The van der Waals surface area contributed by atoms with Crippen LogP contribution in [0.2, 0.25) is 0 Å². The minimum absolute atomic E-state index is 0.154. The number of carbonyl (C=O) groups excluding carboxylic acids is 2. The van der Waals surface area contributed by atoms with Gasteiger partial charge in [0.15, 0.2) is 0 Å². The summed E-state index contributed by atoms with van der Waals surface area (Å²) < 4.78 is 0. The maximum absolute atomic E-state index is 11.6. The van der Waals surface area contributed by atoms with Crippen LogP contribution in [0.25, 0.3) is 0 Å². The number of primary amides is 1. The Morgan fingerprint density at radius 1 is 1.25 bits per heavy atom. The van der Waals surface area contributed by atoms with Crippen molar-refractivity contribution in [1.29, 1.82) is 0 Å². The van der Waals surface area contributed by atoms with Crippen molar-refractivity contribution >= 4 is 11.9 Å². The fraction of sp³-hybridized carbons (Fsp3) is 0.818. The monoisotopic (exact) mass is 227 g/mol. The van der Waals surface area contributed by atoms with Crippen molar-refractivity contribution in [3.8, 4) is 0 Å². The molecule has 0 unspecified atom stereocenters. The fourth-order valence-electron chi connectivity index (χ4n) is 2.01. The molecule has 1 aliphatic carbocycles. The van der Waals surface area contributed by atoms with Crippen LogP contribution in [0.3, 0.4) is 0 Å². The van der Waals surface area contributed by atoms with Crippen LogP contribution in [0.1, 0.15) is 39.5 Å². The van der Waals surface area contributed by atoms with Gasteiger partial charge in [0, 0.05) is 6.04 Å². The fourth-order valence-corrected chi connectivity index (χ4v) is 2.01. The molecule has 3 amide bonds. The smallest absolute Gasteiger partial charge is 0.312 e. The highest BCUT2D eigenvalue weighted by molar-refractivity contribution is 5.86. The van der Waals surface area contributed by atoms with Crippen LogP contribution < -0.4 is 16.4 Å². The molecule has 0 aromatic carbocycles. The lowest BCUT2D eigenvalue weighted by atomic mass is 9.87. The van der Waals surface area contributed by atoms with Crippen LogP contribution in [-0.4, -0.2) is 24.0 Å². The van der Waals surface area contributed by atoms with Crippen molar-refractivity contribution in [3.63, 3.8) is 0 Å². The van der Waals surface area contributed by atoms with E-state index in [4.69, 9.17) is 5.73 Å². The molecule has 92 valence electrons. The molecule has 0 bridgehead atoms. The molecule has 5 heteroatoms. The van der Waals surface area contributed by atoms with Crippen molar-refractivity contribution in [1.82, 2.24) is 10.6 Å². The maximum Gasteiger partial charge on any atom is 0.312 e. The number of nitrogens with one attached hydrogen (secondary N) is 2. The largest absolute Gasteiger partial charge is 0.352 e. The summed E-state index contributed by atoms with van der Waals surface area (Å²) in [6, 6.07) is -0.974. The molecule has 0 heterocycles. The first-order chi connectivity index (χ1) is 7.49. The summed E-state index contributed by atoms with van der Waals surface area (Å²) in [6.45, 7) is 3.86. The van der Waals surface area contributed by atoms with Crippen molar-refractivity contribution in [2.45, 2.75) is 51.6 Å². The molecule has 0 saturated heterocycles. The van der Waals surface area contributed by atoms with Gasteiger partial charge in [-0.25, -0.2) is 4.79 Å². The molecule has 0 spiro atoms. The highest BCUT2D eigenvalue weighted by Gasteiger charge is 2.22. The predicted octanol–water partition coefficient (Wildman–Crippen LogP) is 0.738. The van der Waals surface area contributed by atoms with Crippen LogP contribution in [0.15, 0.2) is 0 Å². The Bertz CT molecular complexity index is 260. The zero-order valence-corrected chi connectivity index (χ0v) is 9.95. The Labute approximate surface area is 96.1 Å². The average molecular weight is 227 g/mol. The van der Waals surface area contributed by atoms with Gasteiger partial charge in [0.1, 0.15) is 6.04 Å². The van der Waals surface area contributed by atoms with E-state index < -0.39 is 12.1 Å². The first kappa shape index (κ1) is 12.8. The van der Waals surface area contributed by atoms with Crippen LogP contribution in [-0.2, 0) is 4.79 Å². The molecule has 0 aromatic heterocycles. The number of hydrogen-bond donors (Lipinski definition) is 3. The second-order valence-corrected chi connectivity index (χ2v) is 4.70. The molecule has 0 radical (unpaired) electrons. The summed E-state index contributed by atoms with van der Waals surface area (Å²) in [5.74, 6) is 0.604. The van der Waals surface area contributed by atoms with E-state index in [-0.39, 0.29) is 11.9 Å². The normalized spacial score (nSPS) is 26.9. The minimum Gasteiger partial charge on any atom is -0.352 e. The number of rotatable bonds is 3. The molecule has 1 aliphatic rings. The molecule has 1 atom stereocenters. The van der Waals surface area contributed by atoms with Crippen molar-refractivity contribution in [2.24, 2.45) is 11.7 Å². The molecule has 1 saturated carbocycles. The lowest BCUT2D eigenvalue weighted by molar-refractivity contribution is -0.123. The third kappa shape index (κ3) is 4.08. The Balaban J connectivity index is 2.31. The third-order valence-electron chi connectivity index (χ3n) is 3.11. The van der Waals surface area contributed by atoms with Crippen LogP contribution >= 0.6 is 0 Å². The Kier molecular flexibility index (Phi) is 4.58. The van der Waals surface area contributed by atoms with Crippen molar-refractivity contribution < 1.29 is 9.59 Å². The summed E-state index contributed by atoms with van der Waals surface area (Å²) in [4.78, 5) is 22.2. The van der Waals surface area contributed by atoms with Crippen molar-refractivity contribution in [2.75, 3.05) is 0 Å². The molecule has 4 N–H and O–H groups in total. The number of nitrogens with two attached hydrogens (primary N) is 1. The minimum atomic E-state index is -0.667. The molecular formula is C11H21N3O2. The van der Waals surface area contributed by atoms with E-state index in [1.807, 2.05) is 0 Å². The molecule has 1 rings (SSSR count). The first-order valence-electron chi connectivity index (χ1n) is 5.85. The van der Waals surface area contributed by atoms with E-state index in [2.05, 4.69) is 17.6 Å². The lowest BCUT2D eigenvalue weighted by Gasteiger charge is -2.27. The second-order valence-electron chi connectivity index (χ2n) is 4.70. The molecule has 5 nitrogen and oxygen atoms in total. The Hall–Kier alpha value is -1.26. The quantitative estimate of drug-likeness (QED) is 0.664. The predicted molar refractivity (Wildman–Crippen MR) is 61.7 cm³/mol. The highest BCUT2D eigenvalue weighted by atomic mass is 16.2. The van der Waals surface area contributed by atoms with Gasteiger partial charge >= 0.3 is 6.03 Å². The molecule has 0 aliphatic heterocycles. The van der Waals surface area contributed by atoms with Crippen molar-refractivity contribution in [3.05, 3.63) is 0 Å². The van der Waals surface area contributed by atoms with Gasteiger partial charge in [0.05, 0.1) is 0 Å². The van der Waals surface area contributed by atoms with E-state index >= 15 is 0 Å². The standard InChI is InChI=1S/C11H21N3O2/c1-7-3-5-9(6-4-7)14-10(15)8(2)13-11(12)16/h7-9H,3-6H2,1-2H3,(H,14,15)(H3,12,13,16)/t7?,8-,9?/m0/s1. The van der Waals surface area contributed by atoms with E-state index in [0.29, 0.717) is 0 Å². The number of carbonyl (C=O) groups is 2. The highest BCUT2D eigenvalue weighted by Crippen LogP contribution is 2.23. The average Bonchev–Trinajstić information content (AvgIpc) is 2.20. The number of amides is 3. The summed E-state index contributed by atoms with van der Waals surface area (Å²) in [5, 5.41) is 5.30. The zero-order valence-electron chi connectivity index (χ0n) is 9.95. The summed E-state index contributed by atoms with van der Waals surface area (Å²) in [5.41, 5.74) is 4.95. The van der Waals surface area contributed by atoms with E-state index in [0.717, 1.165) is 31.6 Å². The van der Waals surface area contributed by atoms with E-state index in [1.54, 1.807) is 6.92 Å². The van der Waals surface area contributed by atoms with Crippen LogP contribution in [0, 0.1) is 5.92 Å². The van der Waals surface area contributed by atoms with Gasteiger partial charge in [-0.1, -0.05) is 6.92 Å². The van der Waals surface area contributed by atoms with Gasteiger partial charge in [-0.05, 0) is 38.5 Å². The van der Waals surface area contributed by atoms with Gasteiger partial charge in [-0.3, -0.25) is 4.79 Å². The van der Waals surface area contributed by atoms with Crippen LogP contribution in [0.5, 0.6) is 0 Å². The lowest BCUT2D eigenvalue weighted by Crippen LogP contribution is -2.50. The summed E-state index contributed by atoms with van der Waals surface area (Å²) in [7, 11) is 0. The van der Waals surface area contributed by atoms with E-state index in [9.17, 15) is 9.59 Å². The van der Waals surface area contributed by atoms with Gasteiger partial charge < -0.3 is 16.4 Å².